The number of fused-ring (bicyclic) bond motifs is 1. The van der Waals surface area contributed by atoms with Gasteiger partial charge in [0, 0.05) is 68.5 Å². The van der Waals surface area contributed by atoms with Crippen molar-refractivity contribution in [1.29, 1.82) is 0 Å². The van der Waals surface area contributed by atoms with Gasteiger partial charge in [0.25, 0.3) is 5.91 Å². The highest BCUT2D eigenvalue weighted by atomic mass is 16.2. The first-order chi connectivity index (χ1) is 14.8. The second-order valence-corrected chi connectivity index (χ2v) is 8.16. The zero-order valence-electron chi connectivity index (χ0n) is 17.1. The molecule has 1 N–H and O–H groups in total. The van der Waals surface area contributed by atoms with Gasteiger partial charge in [0.05, 0.1) is 11.8 Å². The van der Waals surface area contributed by atoms with Gasteiger partial charge in [-0.25, -0.2) is 4.98 Å². The fourth-order valence-corrected chi connectivity index (χ4v) is 4.57. The van der Waals surface area contributed by atoms with E-state index in [1.165, 1.54) is 17.7 Å². The summed E-state index contributed by atoms with van der Waals surface area (Å²) < 4.78 is 1.94. The lowest BCUT2D eigenvalue weighted by Crippen LogP contribution is -2.44. The number of rotatable bonds is 5. The zero-order chi connectivity index (χ0) is 20.3. The number of aromatic nitrogens is 5. The number of piperidine rings is 1. The van der Waals surface area contributed by atoms with Gasteiger partial charge < -0.3 is 9.80 Å². The van der Waals surface area contributed by atoms with E-state index in [4.69, 9.17) is 0 Å². The Labute approximate surface area is 175 Å². The van der Waals surface area contributed by atoms with Crippen molar-refractivity contribution in [2.24, 2.45) is 0 Å². The summed E-state index contributed by atoms with van der Waals surface area (Å²) in [6.45, 7) is 3.36. The number of likely N-dealkylation sites (tertiary alicyclic amines) is 1. The van der Waals surface area contributed by atoms with Gasteiger partial charge in [0.1, 0.15) is 5.82 Å². The molecule has 156 valence electrons. The molecule has 0 spiro atoms. The average molecular weight is 406 g/mol. The molecule has 3 aromatic heterocycles. The Kier molecular flexibility index (Phi) is 5.21. The summed E-state index contributed by atoms with van der Waals surface area (Å²) in [6.07, 6.45) is 12.6. The molecule has 5 rings (SSSR count). The molecular formula is C22H27N7O. The molecule has 2 aliphatic rings. The first-order valence-electron chi connectivity index (χ1n) is 10.8. The quantitative estimate of drug-likeness (QED) is 0.706. The molecule has 5 heterocycles. The fraction of sp³-hybridized carbons (Fsp3) is 0.455. The van der Waals surface area contributed by atoms with E-state index < -0.39 is 0 Å². The van der Waals surface area contributed by atoms with Crippen molar-refractivity contribution >= 4 is 11.7 Å². The maximum Gasteiger partial charge on any atom is 0.255 e. The molecule has 0 aliphatic carbocycles. The maximum absolute atomic E-state index is 13.2. The maximum atomic E-state index is 13.2. The number of carbonyl (C=O) groups excluding carboxylic acids is 1. The van der Waals surface area contributed by atoms with Crippen LogP contribution in [0.2, 0.25) is 0 Å². The van der Waals surface area contributed by atoms with E-state index in [0.717, 1.165) is 57.7 Å². The third-order valence-corrected chi connectivity index (χ3v) is 6.26. The average Bonchev–Trinajstić information content (AvgIpc) is 3.49. The molecule has 30 heavy (non-hydrogen) atoms. The highest BCUT2D eigenvalue weighted by molar-refractivity contribution is 5.94. The van der Waals surface area contributed by atoms with Crippen LogP contribution >= 0.6 is 0 Å². The van der Waals surface area contributed by atoms with Crippen LogP contribution in [0.1, 0.15) is 47.3 Å². The molecule has 1 unspecified atom stereocenters. The number of hydrogen-bond acceptors (Lipinski definition) is 5. The van der Waals surface area contributed by atoms with Gasteiger partial charge in [-0.05, 0) is 43.9 Å². The minimum Gasteiger partial charge on any atom is -0.352 e. The van der Waals surface area contributed by atoms with Crippen molar-refractivity contribution in [3.05, 3.63) is 59.8 Å². The molecule has 8 nitrogen and oxygen atoms in total. The lowest BCUT2D eigenvalue weighted by Gasteiger charge is -2.36. The van der Waals surface area contributed by atoms with E-state index in [-0.39, 0.29) is 11.9 Å². The number of aromatic amines is 1. The van der Waals surface area contributed by atoms with Gasteiger partial charge in [-0.15, -0.1) is 0 Å². The highest BCUT2D eigenvalue weighted by Gasteiger charge is 2.28. The third kappa shape index (κ3) is 3.81. The second kappa shape index (κ2) is 8.30. The van der Waals surface area contributed by atoms with Crippen LogP contribution in [0.4, 0.5) is 5.82 Å². The van der Waals surface area contributed by atoms with Gasteiger partial charge in [-0.3, -0.25) is 14.6 Å². The molecule has 0 aromatic carbocycles. The fourth-order valence-electron chi connectivity index (χ4n) is 4.57. The van der Waals surface area contributed by atoms with E-state index >= 15 is 0 Å². The first kappa shape index (κ1) is 18.8. The summed E-state index contributed by atoms with van der Waals surface area (Å²) in [5.74, 6) is 1.00. The molecule has 3 aromatic rings. The number of H-pyrrole nitrogens is 1. The monoisotopic (exact) mass is 405 g/mol. The molecule has 1 atom stereocenters. The number of carbonyl (C=O) groups is 1. The number of hydrogen-bond donors (Lipinski definition) is 1. The van der Waals surface area contributed by atoms with E-state index in [9.17, 15) is 4.79 Å². The van der Waals surface area contributed by atoms with Gasteiger partial charge in [0.2, 0.25) is 0 Å². The predicted octanol–water partition coefficient (Wildman–Crippen LogP) is 2.65. The van der Waals surface area contributed by atoms with Crippen molar-refractivity contribution in [2.75, 3.05) is 18.0 Å². The van der Waals surface area contributed by atoms with Crippen LogP contribution in [0.25, 0.3) is 0 Å². The van der Waals surface area contributed by atoms with Gasteiger partial charge in [-0.2, -0.15) is 10.2 Å². The van der Waals surface area contributed by atoms with Crippen LogP contribution < -0.4 is 4.90 Å². The van der Waals surface area contributed by atoms with Gasteiger partial charge in [-0.1, -0.05) is 0 Å². The van der Waals surface area contributed by atoms with Crippen LogP contribution in [-0.2, 0) is 19.5 Å². The molecule has 1 saturated heterocycles. The Morgan fingerprint density at radius 1 is 1.20 bits per heavy atom. The topological polar surface area (TPSA) is 82.9 Å². The van der Waals surface area contributed by atoms with Crippen molar-refractivity contribution in [3.8, 4) is 0 Å². The van der Waals surface area contributed by atoms with E-state index in [1.54, 1.807) is 12.4 Å². The molecule has 2 aliphatic heterocycles. The van der Waals surface area contributed by atoms with Crippen molar-refractivity contribution in [3.63, 3.8) is 0 Å². The van der Waals surface area contributed by atoms with Gasteiger partial charge in [0.15, 0.2) is 0 Å². The van der Waals surface area contributed by atoms with Crippen molar-refractivity contribution < 1.29 is 4.79 Å². The van der Waals surface area contributed by atoms with Crippen molar-refractivity contribution in [2.45, 2.75) is 51.2 Å². The molecule has 0 bridgehead atoms. The van der Waals surface area contributed by atoms with Gasteiger partial charge >= 0.3 is 0 Å². The molecular weight excluding hydrogens is 378 g/mol. The summed E-state index contributed by atoms with van der Waals surface area (Å²) in [6, 6.07) is 6.10. The highest BCUT2D eigenvalue weighted by Crippen LogP contribution is 2.24. The predicted molar refractivity (Wildman–Crippen MR) is 113 cm³/mol. The summed E-state index contributed by atoms with van der Waals surface area (Å²) >= 11 is 0. The Balaban J connectivity index is 1.25. The lowest BCUT2D eigenvalue weighted by atomic mass is 9.98. The first-order valence-corrected chi connectivity index (χ1v) is 10.8. The summed E-state index contributed by atoms with van der Waals surface area (Å²) in [5, 5.41) is 11.5. The molecule has 0 radical (unpaired) electrons. The smallest absolute Gasteiger partial charge is 0.255 e. The van der Waals surface area contributed by atoms with Crippen LogP contribution in [0.15, 0.2) is 43.0 Å². The minimum absolute atomic E-state index is 0.0926. The van der Waals surface area contributed by atoms with E-state index in [1.807, 2.05) is 40.2 Å². The van der Waals surface area contributed by atoms with Crippen LogP contribution in [0.5, 0.6) is 0 Å². The largest absolute Gasteiger partial charge is 0.352 e. The Hall–Kier alpha value is -3.16. The third-order valence-electron chi connectivity index (χ3n) is 6.26. The summed E-state index contributed by atoms with van der Waals surface area (Å²) in [7, 11) is 0. The number of nitrogens with one attached hydrogen (secondary N) is 1. The van der Waals surface area contributed by atoms with Crippen LogP contribution in [0.3, 0.4) is 0 Å². The minimum atomic E-state index is 0.0926. The van der Waals surface area contributed by atoms with E-state index in [0.29, 0.717) is 5.56 Å². The van der Waals surface area contributed by atoms with E-state index in [2.05, 4.69) is 25.2 Å². The molecule has 0 saturated carbocycles. The Morgan fingerprint density at radius 2 is 2.17 bits per heavy atom. The lowest BCUT2D eigenvalue weighted by molar-refractivity contribution is 0.0593. The Bertz CT molecular complexity index is 979. The van der Waals surface area contributed by atoms with Crippen molar-refractivity contribution in [1.82, 2.24) is 29.9 Å². The number of anilines is 1. The SMILES string of the molecule is O=C(c1ccc(N2CCc3[nH]ncc3C2)nc1)N1CCCCC1CCn1cccn1. The number of aryl methyl sites for hydroxylation is 1. The standard InChI is InChI=1S/C22H27N7O/c30-22(29-11-2-1-4-19(29)7-13-28-10-3-9-25-28)17-5-6-21(23-14-17)27-12-8-20-18(16-27)15-24-26-20/h3,5-6,9-10,14-15,19H,1-2,4,7-8,11-13,16H2,(H,24,26). The molecule has 8 heteroatoms. The second-order valence-electron chi connectivity index (χ2n) is 8.16. The molecule has 1 fully saturated rings. The summed E-state index contributed by atoms with van der Waals surface area (Å²) in [4.78, 5) is 22.1. The zero-order valence-corrected chi connectivity index (χ0v) is 17.1. The van der Waals surface area contributed by atoms with Crippen LogP contribution in [-0.4, -0.2) is 54.9 Å². The molecule has 1 amide bonds. The summed E-state index contributed by atoms with van der Waals surface area (Å²) in [5.41, 5.74) is 3.10. The Morgan fingerprint density at radius 3 is 3.00 bits per heavy atom. The normalized spacial score (nSPS) is 19.0. The number of nitrogens with zero attached hydrogens (tertiary/aromatic N) is 6. The number of amides is 1. The van der Waals surface area contributed by atoms with Crippen LogP contribution in [0, 0.1) is 0 Å². The number of pyridine rings is 1.